The Morgan fingerprint density at radius 2 is 1.65 bits per heavy atom. The number of aryl methyl sites for hydroxylation is 2. The summed E-state index contributed by atoms with van der Waals surface area (Å²) in [6, 6.07) is 2.32. The highest BCUT2D eigenvalue weighted by Gasteiger charge is 2.14. The molecule has 1 aromatic heterocycles. The van der Waals surface area contributed by atoms with E-state index in [4.69, 9.17) is 0 Å². The lowest BCUT2D eigenvalue weighted by Crippen LogP contribution is -2.38. The van der Waals surface area contributed by atoms with Crippen LogP contribution in [-0.4, -0.2) is 0 Å². The number of nitrogens with zero attached hydrogens (tertiary/aromatic N) is 1. The van der Waals surface area contributed by atoms with Crippen LogP contribution in [0, 0.1) is 6.92 Å². The first-order chi connectivity index (χ1) is 8.24. The summed E-state index contributed by atoms with van der Waals surface area (Å²) >= 11 is 0. The molecule has 0 atom stereocenters. The highest BCUT2D eigenvalue weighted by atomic mass is 14.9. The molecule has 0 amide bonds. The van der Waals surface area contributed by atoms with E-state index in [0.717, 1.165) is 6.54 Å². The molecular formula is C16H28N+. The lowest BCUT2D eigenvalue weighted by Gasteiger charge is -2.10. The first-order valence-electron chi connectivity index (χ1n) is 7.25. The van der Waals surface area contributed by atoms with Gasteiger partial charge in [-0.05, 0) is 38.7 Å². The van der Waals surface area contributed by atoms with Crippen molar-refractivity contribution in [3.8, 4) is 0 Å². The van der Waals surface area contributed by atoms with Crippen molar-refractivity contribution in [1.82, 2.24) is 0 Å². The Morgan fingerprint density at radius 3 is 2.24 bits per heavy atom. The molecule has 1 nitrogen and oxygen atoms in total. The Bertz CT molecular complexity index is 342. The second-order valence-electron chi connectivity index (χ2n) is 4.91. The predicted octanol–water partition coefficient (Wildman–Crippen LogP) is 3.99. The topological polar surface area (TPSA) is 3.88 Å². The van der Waals surface area contributed by atoms with Crippen molar-refractivity contribution < 1.29 is 4.57 Å². The molecule has 0 saturated carbocycles. The zero-order valence-electron chi connectivity index (χ0n) is 12.1. The second kappa shape index (κ2) is 7.47. The van der Waals surface area contributed by atoms with E-state index >= 15 is 0 Å². The number of hydrogen-bond acceptors (Lipinski definition) is 0. The van der Waals surface area contributed by atoms with Gasteiger partial charge in [0, 0.05) is 18.1 Å². The lowest BCUT2D eigenvalue weighted by atomic mass is 9.99. The average Bonchev–Trinajstić information content (AvgIpc) is 2.35. The third kappa shape index (κ3) is 3.83. The van der Waals surface area contributed by atoms with Crippen LogP contribution in [0.3, 0.4) is 0 Å². The molecule has 1 rings (SSSR count). The van der Waals surface area contributed by atoms with E-state index in [1.165, 1.54) is 44.1 Å². The molecule has 0 aromatic carbocycles. The molecule has 0 bridgehead atoms. The molecule has 0 saturated heterocycles. The Balaban J connectivity index is 2.95. The van der Waals surface area contributed by atoms with Gasteiger partial charge in [0.25, 0.3) is 0 Å². The smallest absolute Gasteiger partial charge is 0.184 e. The standard InChI is InChI=1S/C16H28N/c1-5-8-10-15-12-13-17(7-3)16(14(15)4)11-9-6-2/h12-13H,5-11H2,1-4H3/q+1. The summed E-state index contributed by atoms with van der Waals surface area (Å²) in [7, 11) is 0. The Kier molecular flexibility index (Phi) is 6.25. The molecule has 17 heavy (non-hydrogen) atoms. The van der Waals surface area contributed by atoms with Crippen molar-refractivity contribution in [3.05, 3.63) is 29.1 Å². The van der Waals surface area contributed by atoms with Gasteiger partial charge in [0.15, 0.2) is 11.9 Å². The van der Waals surface area contributed by atoms with Gasteiger partial charge in [0.05, 0.1) is 0 Å². The minimum absolute atomic E-state index is 1.09. The van der Waals surface area contributed by atoms with Gasteiger partial charge in [-0.2, -0.15) is 0 Å². The first kappa shape index (κ1) is 14.2. The fourth-order valence-electron chi connectivity index (χ4n) is 2.41. The monoisotopic (exact) mass is 234 g/mol. The van der Waals surface area contributed by atoms with Crippen molar-refractivity contribution in [2.75, 3.05) is 0 Å². The van der Waals surface area contributed by atoms with Gasteiger partial charge in [-0.1, -0.05) is 26.7 Å². The molecule has 0 aliphatic carbocycles. The van der Waals surface area contributed by atoms with Crippen molar-refractivity contribution in [1.29, 1.82) is 0 Å². The molecule has 0 unspecified atom stereocenters. The normalized spacial score (nSPS) is 10.8. The first-order valence-corrected chi connectivity index (χ1v) is 7.25. The van der Waals surface area contributed by atoms with Gasteiger partial charge in [-0.25, -0.2) is 4.57 Å². The van der Waals surface area contributed by atoms with Gasteiger partial charge in [0.1, 0.15) is 6.54 Å². The van der Waals surface area contributed by atoms with Crippen molar-refractivity contribution in [2.45, 2.75) is 72.8 Å². The zero-order chi connectivity index (χ0) is 12.7. The Morgan fingerprint density at radius 1 is 1.00 bits per heavy atom. The summed E-state index contributed by atoms with van der Waals surface area (Å²) in [6.45, 7) is 10.2. The SMILES string of the molecule is CCCCc1cc[n+](CC)c(CCCC)c1C. The summed E-state index contributed by atoms with van der Waals surface area (Å²) in [5, 5.41) is 0. The van der Waals surface area contributed by atoms with Crippen LogP contribution in [0.1, 0.15) is 63.3 Å². The van der Waals surface area contributed by atoms with E-state index in [9.17, 15) is 0 Å². The third-order valence-corrected chi connectivity index (χ3v) is 3.62. The number of pyridine rings is 1. The van der Waals surface area contributed by atoms with Gasteiger partial charge in [-0.15, -0.1) is 0 Å². The molecule has 1 heterocycles. The second-order valence-corrected chi connectivity index (χ2v) is 4.91. The van der Waals surface area contributed by atoms with Gasteiger partial charge < -0.3 is 0 Å². The van der Waals surface area contributed by atoms with Crippen LogP contribution >= 0.6 is 0 Å². The summed E-state index contributed by atoms with van der Waals surface area (Å²) in [5.74, 6) is 0. The maximum atomic E-state index is 2.42. The quantitative estimate of drug-likeness (QED) is 0.628. The zero-order valence-corrected chi connectivity index (χ0v) is 12.1. The van der Waals surface area contributed by atoms with E-state index in [1.807, 2.05) is 0 Å². The van der Waals surface area contributed by atoms with E-state index in [-0.39, 0.29) is 0 Å². The van der Waals surface area contributed by atoms with Gasteiger partial charge >= 0.3 is 0 Å². The van der Waals surface area contributed by atoms with Crippen LogP contribution in [0.4, 0.5) is 0 Å². The number of hydrogen-bond donors (Lipinski definition) is 0. The van der Waals surface area contributed by atoms with Crippen LogP contribution in [0.25, 0.3) is 0 Å². The molecule has 1 heteroatoms. The van der Waals surface area contributed by atoms with Gasteiger partial charge in [-0.3, -0.25) is 0 Å². The van der Waals surface area contributed by atoms with Crippen LogP contribution < -0.4 is 4.57 Å². The fraction of sp³-hybridized carbons (Fsp3) is 0.688. The average molecular weight is 234 g/mol. The molecule has 96 valence electrons. The fourth-order valence-corrected chi connectivity index (χ4v) is 2.41. The summed E-state index contributed by atoms with van der Waals surface area (Å²) in [6.07, 6.45) is 9.93. The molecular weight excluding hydrogens is 206 g/mol. The molecule has 0 radical (unpaired) electrons. The summed E-state index contributed by atoms with van der Waals surface area (Å²) in [5.41, 5.74) is 4.65. The van der Waals surface area contributed by atoms with E-state index in [2.05, 4.69) is 44.5 Å². The van der Waals surface area contributed by atoms with Crippen LogP contribution in [0.2, 0.25) is 0 Å². The highest BCUT2D eigenvalue weighted by molar-refractivity contribution is 5.26. The largest absolute Gasteiger partial charge is 0.203 e. The summed E-state index contributed by atoms with van der Waals surface area (Å²) < 4.78 is 2.42. The van der Waals surface area contributed by atoms with Crippen LogP contribution in [-0.2, 0) is 19.4 Å². The summed E-state index contributed by atoms with van der Waals surface area (Å²) in [4.78, 5) is 0. The minimum Gasteiger partial charge on any atom is -0.203 e. The lowest BCUT2D eigenvalue weighted by molar-refractivity contribution is -0.701. The maximum Gasteiger partial charge on any atom is 0.184 e. The third-order valence-electron chi connectivity index (χ3n) is 3.62. The van der Waals surface area contributed by atoms with Crippen molar-refractivity contribution in [2.24, 2.45) is 0 Å². The number of aromatic nitrogens is 1. The van der Waals surface area contributed by atoms with Crippen molar-refractivity contribution >= 4 is 0 Å². The van der Waals surface area contributed by atoms with Crippen LogP contribution in [0.15, 0.2) is 12.3 Å². The maximum absolute atomic E-state index is 2.42. The van der Waals surface area contributed by atoms with Crippen molar-refractivity contribution in [3.63, 3.8) is 0 Å². The molecule has 0 spiro atoms. The number of unbranched alkanes of at least 4 members (excludes halogenated alkanes) is 2. The molecule has 0 aliphatic heterocycles. The highest BCUT2D eigenvalue weighted by Crippen LogP contribution is 2.15. The van der Waals surface area contributed by atoms with E-state index in [1.54, 1.807) is 11.3 Å². The molecule has 0 fully saturated rings. The Hall–Kier alpha value is -0.850. The molecule has 1 aromatic rings. The predicted molar refractivity (Wildman–Crippen MR) is 74.3 cm³/mol. The van der Waals surface area contributed by atoms with E-state index in [0.29, 0.717) is 0 Å². The molecule has 0 aliphatic rings. The van der Waals surface area contributed by atoms with Crippen LogP contribution in [0.5, 0.6) is 0 Å². The van der Waals surface area contributed by atoms with E-state index < -0.39 is 0 Å². The minimum atomic E-state index is 1.09. The Labute approximate surface area is 107 Å². The van der Waals surface area contributed by atoms with Gasteiger partial charge in [0.2, 0.25) is 0 Å². The number of rotatable bonds is 7. The molecule has 0 N–H and O–H groups in total.